The fraction of sp³-hybridized carbons (Fsp3) is 0.278. The van der Waals surface area contributed by atoms with E-state index in [1.54, 1.807) is 38.5 Å². The number of amides is 1. The van der Waals surface area contributed by atoms with Crippen molar-refractivity contribution in [3.05, 3.63) is 42.0 Å². The van der Waals surface area contributed by atoms with E-state index in [-0.39, 0.29) is 12.5 Å². The quantitative estimate of drug-likeness (QED) is 0.845. The van der Waals surface area contributed by atoms with Gasteiger partial charge in [-0.1, -0.05) is 12.1 Å². The first-order valence-corrected chi connectivity index (χ1v) is 7.37. The third-order valence-corrected chi connectivity index (χ3v) is 3.35. The number of benzene rings is 2. The van der Waals surface area contributed by atoms with Crippen LogP contribution in [0.15, 0.2) is 36.4 Å². The number of para-hydroxylation sites is 1. The van der Waals surface area contributed by atoms with Gasteiger partial charge in [0.05, 0.1) is 27.0 Å². The minimum atomic E-state index is -0.302. The SMILES string of the molecule is COc1ccc(C)cc1NC(=O)COc1cccc(OC)c1OC. The molecule has 6 heteroatoms. The zero-order valence-corrected chi connectivity index (χ0v) is 14.2. The largest absolute Gasteiger partial charge is 0.495 e. The third kappa shape index (κ3) is 4.10. The van der Waals surface area contributed by atoms with Crippen LogP contribution in [0.3, 0.4) is 0 Å². The van der Waals surface area contributed by atoms with Gasteiger partial charge < -0.3 is 24.3 Å². The average Bonchev–Trinajstić information content (AvgIpc) is 2.59. The molecule has 0 aliphatic rings. The lowest BCUT2D eigenvalue weighted by molar-refractivity contribution is -0.118. The van der Waals surface area contributed by atoms with Gasteiger partial charge in [-0.05, 0) is 36.8 Å². The van der Waals surface area contributed by atoms with Crippen LogP contribution in [0.5, 0.6) is 23.0 Å². The Labute approximate surface area is 141 Å². The number of nitrogens with one attached hydrogen (secondary N) is 1. The van der Waals surface area contributed by atoms with Crippen LogP contribution in [0.1, 0.15) is 5.56 Å². The van der Waals surface area contributed by atoms with E-state index in [9.17, 15) is 4.79 Å². The fourth-order valence-corrected chi connectivity index (χ4v) is 2.22. The summed E-state index contributed by atoms with van der Waals surface area (Å²) in [7, 11) is 4.61. The standard InChI is InChI=1S/C18H21NO5/c1-12-8-9-14(21-2)13(10-12)19-17(20)11-24-16-7-5-6-15(22-3)18(16)23-4/h5-10H,11H2,1-4H3,(H,19,20). The van der Waals surface area contributed by atoms with Gasteiger partial charge in [0.15, 0.2) is 18.1 Å². The lowest BCUT2D eigenvalue weighted by atomic mass is 10.2. The first-order chi connectivity index (χ1) is 11.6. The summed E-state index contributed by atoms with van der Waals surface area (Å²) in [6, 6.07) is 10.8. The Balaban J connectivity index is 2.05. The fourth-order valence-electron chi connectivity index (χ4n) is 2.22. The first-order valence-electron chi connectivity index (χ1n) is 7.37. The average molecular weight is 331 g/mol. The summed E-state index contributed by atoms with van der Waals surface area (Å²) in [5, 5.41) is 2.78. The Hall–Kier alpha value is -2.89. The molecule has 0 spiro atoms. The van der Waals surface area contributed by atoms with Gasteiger partial charge in [0.2, 0.25) is 5.75 Å². The molecule has 2 aromatic rings. The molecule has 0 aliphatic carbocycles. The summed E-state index contributed by atoms with van der Waals surface area (Å²) in [5.41, 5.74) is 1.62. The molecular weight excluding hydrogens is 310 g/mol. The predicted octanol–water partition coefficient (Wildman–Crippen LogP) is 3.04. The number of aryl methyl sites for hydroxylation is 1. The topological polar surface area (TPSA) is 66.0 Å². The third-order valence-electron chi connectivity index (χ3n) is 3.35. The van der Waals surface area contributed by atoms with Gasteiger partial charge >= 0.3 is 0 Å². The molecule has 0 saturated carbocycles. The van der Waals surface area contributed by atoms with Crippen molar-refractivity contribution in [2.24, 2.45) is 0 Å². The number of rotatable bonds is 7. The van der Waals surface area contributed by atoms with E-state index in [0.717, 1.165) is 5.56 Å². The Kier molecular flexibility index (Phi) is 5.89. The van der Waals surface area contributed by atoms with Crippen molar-refractivity contribution in [3.8, 4) is 23.0 Å². The Morgan fingerprint density at radius 1 is 0.958 bits per heavy atom. The van der Waals surface area contributed by atoms with Crippen LogP contribution in [-0.4, -0.2) is 33.8 Å². The van der Waals surface area contributed by atoms with E-state index in [4.69, 9.17) is 18.9 Å². The summed E-state index contributed by atoms with van der Waals surface area (Å²) >= 11 is 0. The molecule has 0 aliphatic heterocycles. The molecule has 0 atom stereocenters. The normalized spacial score (nSPS) is 10.0. The van der Waals surface area contributed by atoms with Gasteiger partial charge in [-0.2, -0.15) is 0 Å². The van der Waals surface area contributed by atoms with Gasteiger partial charge in [0, 0.05) is 0 Å². The van der Waals surface area contributed by atoms with E-state index in [2.05, 4.69) is 5.32 Å². The number of hydrogen-bond donors (Lipinski definition) is 1. The van der Waals surface area contributed by atoms with Crippen LogP contribution >= 0.6 is 0 Å². The van der Waals surface area contributed by atoms with E-state index < -0.39 is 0 Å². The molecule has 0 heterocycles. The van der Waals surface area contributed by atoms with Crippen molar-refractivity contribution in [3.63, 3.8) is 0 Å². The van der Waals surface area contributed by atoms with Crippen LogP contribution in [0.2, 0.25) is 0 Å². The van der Waals surface area contributed by atoms with Gasteiger partial charge in [-0.15, -0.1) is 0 Å². The summed E-state index contributed by atoms with van der Waals surface area (Å²) in [4.78, 5) is 12.2. The van der Waals surface area contributed by atoms with Crippen LogP contribution in [0.4, 0.5) is 5.69 Å². The second-order valence-corrected chi connectivity index (χ2v) is 5.03. The molecule has 1 N–H and O–H groups in total. The second kappa shape index (κ2) is 8.10. The molecule has 0 saturated heterocycles. The van der Waals surface area contributed by atoms with Crippen molar-refractivity contribution in [1.82, 2.24) is 0 Å². The molecule has 1 amide bonds. The minimum Gasteiger partial charge on any atom is -0.495 e. The van der Waals surface area contributed by atoms with Gasteiger partial charge in [-0.25, -0.2) is 0 Å². The van der Waals surface area contributed by atoms with Crippen molar-refractivity contribution in [2.75, 3.05) is 33.3 Å². The van der Waals surface area contributed by atoms with E-state index >= 15 is 0 Å². The number of methoxy groups -OCH3 is 3. The highest BCUT2D eigenvalue weighted by Crippen LogP contribution is 2.36. The van der Waals surface area contributed by atoms with Gasteiger partial charge in [0.1, 0.15) is 5.75 Å². The Morgan fingerprint density at radius 3 is 2.33 bits per heavy atom. The summed E-state index contributed by atoms with van der Waals surface area (Å²) in [6.07, 6.45) is 0. The molecule has 0 bridgehead atoms. The summed E-state index contributed by atoms with van der Waals surface area (Å²) in [5.74, 6) is 1.71. The molecule has 0 radical (unpaired) electrons. The molecule has 24 heavy (non-hydrogen) atoms. The van der Waals surface area contributed by atoms with Crippen LogP contribution in [-0.2, 0) is 4.79 Å². The van der Waals surface area contributed by atoms with Crippen LogP contribution in [0.25, 0.3) is 0 Å². The highest BCUT2D eigenvalue weighted by atomic mass is 16.5. The van der Waals surface area contributed by atoms with Crippen molar-refractivity contribution < 1.29 is 23.7 Å². The number of carbonyl (C=O) groups is 1. The van der Waals surface area contributed by atoms with Crippen LogP contribution in [0, 0.1) is 6.92 Å². The zero-order chi connectivity index (χ0) is 17.5. The molecule has 0 fully saturated rings. The lowest BCUT2D eigenvalue weighted by Crippen LogP contribution is -2.20. The number of anilines is 1. The molecule has 0 aromatic heterocycles. The van der Waals surface area contributed by atoms with E-state index in [1.807, 2.05) is 19.1 Å². The van der Waals surface area contributed by atoms with E-state index in [0.29, 0.717) is 28.7 Å². The van der Waals surface area contributed by atoms with Gasteiger partial charge in [-0.3, -0.25) is 4.79 Å². The van der Waals surface area contributed by atoms with Gasteiger partial charge in [0.25, 0.3) is 5.91 Å². The van der Waals surface area contributed by atoms with Crippen molar-refractivity contribution in [2.45, 2.75) is 6.92 Å². The second-order valence-electron chi connectivity index (χ2n) is 5.03. The molecule has 6 nitrogen and oxygen atoms in total. The summed E-state index contributed by atoms with van der Waals surface area (Å²) < 4.78 is 21.3. The molecule has 2 rings (SSSR count). The number of ether oxygens (including phenoxy) is 4. The molecule has 2 aromatic carbocycles. The van der Waals surface area contributed by atoms with Crippen molar-refractivity contribution >= 4 is 11.6 Å². The Bertz CT molecular complexity index is 715. The maximum Gasteiger partial charge on any atom is 0.262 e. The summed E-state index contributed by atoms with van der Waals surface area (Å²) in [6.45, 7) is 1.77. The molecule has 0 unspecified atom stereocenters. The smallest absolute Gasteiger partial charge is 0.262 e. The Morgan fingerprint density at radius 2 is 1.67 bits per heavy atom. The first kappa shape index (κ1) is 17.5. The predicted molar refractivity (Wildman–Crippen MR) is 91.4 cm³/mol. The van der Waals surface area contributed by atoms with Crippen molar-refractivity contribution in [1.29, 1.82) is 0 Å². The maximum absolute atomic E-state index is 12.2. The maximum atomic E-state index is 12.2. The molecular formula is C18H21NO5. The zero-order valence-electron chi connectivity index (χ0n) is 14.2. The highest BCUT2D eigenvalue weighted by molar-refractivity contribution is 5.93. The number of hydrogen-bond acceptors (Lipinski definition) is 5. The monoisotopic (exact) mass is 331 g/mol. The lowest BCUT2D eigenvalue weighted by Gasteiger charge is -2.14. The number of carbonyl (C=O) groups excluding carboxylic acids is 1. The van der Waals surface area contributed by atoms with Crippen LogP contribution < -0.4 is 24.3 Å². The minimum absolute atomic E-state index is 0.166. The molecule has 128 valence electrons. The highest BCUT2D eigenvalue weighted by Gasteiger charge is 2.13. The van der Waals surface area contributed by atoms with E-state index in [1.165, 1.54) is 7.11 Å².